The first-order chi connectivity index (χ1) is 11.7. The van der Waals surface area contributed by atoms with Crippen molar-refractivity contribution in [1.82, 2.24) is 10.3 Å². The fourth-order valence-electron chi connectivity index (χ4n) is 2.58. The average Bonchev–Trinajstić information content (AvgIpc) is 2.96. The molecule has 0 fully saturated rings. The molecule has 0 radical (unpaired) electrons. The van der Waals surface area contributed by atoms with Crippen molar-refractivity contribution in [1.29, 1.82) is 0 Å². The van der Waals surface area contributed by atoms with Crippen molar-refractivity contribution >= 4 is 27.3 Å². The van der Waals surface area contributed by atoms with Gasteiger partial charge in [0, 0.05) is 41.7 Å². The second-order valence-electron chi connectivity index (χ2n) is 5.32. The topological polar surface area (TPSA) is 51.2 Å². The lowest BCUT2D eigenvalue weighted by Gasteiger charge is -2.06. The van der Waals surface area contributed by atoms with E-state index in [0.29, 0.717) is 28.8 Å². The molecule has 3 rings (SSSR count). The Kier molecular flexibility index (Phi) is 5.17. The van der Waals surface area contributed by atoms with E-state index in [-0.39, 0.29) is 18.3 Å². The SMILES string of the molecule is COCc1c(C(=O)NCCc2cccnc2)sc2cccc(F)c12. The molecule has 1 amide bonds. The molecule has 3 aromatic rings. The van der Waals surface area contributed by atoms with Crippen LogP contribution in [0.1, 0.15) is 20.8 Å². The van der Waals surface area contributed by atoms with E-state index in [2.05, 4.69) is 10.3 Å². The van der Waals surface area contributed by atoms with E-state index in [0.717, 1.165) is 10.3 Å². The zero-order valence-electron chi connectivity index (χ0n) is 13.2. The van der Waals surface area contributed by atoms with Crippen LogP contribution in [-0.4, -0.2) is 24.5 Å². The van der Waals surface area contributed by atoms with Crippen LogP contribution in [0.3, 0.4) is 0 Å². The Morgan fingerprint density at radius 2 is 2.21 bits per heavy atom. The number of fused-ring (bicyclic) bond motifs is 1. The molecule has 0 aliphatic heterocycles. The summed E-state index contributed by atoms with van der Waals surface area (Å²) in [7, 11) is 1.54. The highest BCUT2D eigenvalue weighted by Gasteiger charge is 2.20. The van der Waals surface area contributed by atoms with Gasteiger partial charge in [-0.2, -0.15) is 0 Å². The van der Waals surface area contributed by atoms with Crippen LogP contribution in [0.25, 0.3) is 10.1 Å². The maximum Gasteiger partial charge on any atom is 0.261 e. The third kappa shape index (κ3) is 3.44. The number of hydrogen-bond acceptors (Lipinski definition) is 4. The maximum absolute atomic E-state index is 14.1. The number of benzene rings is 1. The monoisotopic (exact) mass is 344 g/mol. The minimum atomic E-state index is -0.329. The van der Waals surface area contributed by atoms with Crippen molar-refractivity contribution in [2.24, 2.45) is 0 Å². The summed E-state index contributed by atoms with van der Waals surface area (Å²) >= 11 is 1.29. The Bertz CT molecular complexity index is 849. The van der Waals surface area contributed by atoms with Crippen LogP contribution in [0.15, 0.2) is 42.7 Å². The number of rotatable bonds is 6. The highest BCUT2D eigenvalue weighted by molar-refractivity contribution is 7.21. The Labute approximate surface area is 143 Å². The highest BCUT2D eigenvalue weighted by atomic mass is 32.1. The molecule has 0 saturated heterocycles. The van der Waals surface area contributed by atoms with E-state index >= 15 is 0 Å². The zero-order chi connectivity index (χ0) is 16.9. The lowest BCUT2D eigenvalue weighted by molar-refractivity contribution is 0.0954. The number of aromatic nitrogens is 1. The summed E-state index contributed by atoms with van der Waals surface area (Å²) in [4.78, 5) is 17.1. The molecule has 6 heteroatoms. The number of carbonyl (C=O) groups is 1. The number of nitrogens with zero attached hydrogens (tertiary/aromatic N) is 1. The predicted octanol–water partition coefficient (Wildman–Crippen LogP) is 3.55. The first-order valence-electron chi connectivity index (χ1n) is 7.56. The molecule has 4 nitrogen and oxygen atoms in total. The number of amides is 1. The van der Waals surface area contributed by atoms with Gasteiger partial charge in [0.2, 0.25) is 0 Å². The number of methoxy groups -OCH3 is 1. The molecule has 0 aliphatic carbocycles. The van der Waals surface area contributed by atoms with Gasteiger partial charge in [-0.3, -0.25) is 9.78 Å². The third-order valence-electron chi connectivity index (χ3n) is 3.68. The van der Waals surface area contributed by atoms with Gasteiger partial charge in [-0.25, -0.2) is 4.39 Å². The van der Waals surface area contributed by atoms with E-state index in [4.69, 9.17) is 4.74 Å². The number of pyridine rings is 1. The predicted molar refractivity (Wildman–Crippen MR) is 92.8 cm³/mol. The molecule has 0 saturated carbocycles. The van der Waals surface area contributed by atoms with Gasteiger partial charge in [0.25, 0.3) is 5.91 Å². The molecule has 24 heavy (non-hydrogen) atoms. The number of nitrogens with one attached hydrogen (secondary N) is 1. The summed E-state index contributed by atoms with van der Waals surface area (Å²) in [6, 6.07) is 8.69. The number of ether oxygens (including phenoxy) is 1. The minimum Gasteiger partial charge on any atom is -0.380 e. The molecule has 0 unspecified atom stereocenters. The van der Waals surface area contributed by atoms with Crippen LogP contribution in [0.2, 0.25) is 0 Å². The Morgan fingerprint density at radius 3 is 2.96 bits per heavy atom. The van der Waals surface area contributed by atoms with Gasteiger partial charge in [-0.05, 0) is 30.2 Å². The molecule has 1 aromatic carbocycles. The van der Waals surface area contributed by atoms with Crippen LogP contribution >= 0.6 is 11.3 Å². The quantitative estimate of drug-likeness (QED) is 0.744. The fourth-order valence-corrected chi connectivity index (χ4v) is 3.72. The van der Waals surface area contributed by atoms with E-state index in [1.807, 2.05) is 18.2 Å². The molecular weight excluding hydrogens is 327 g/mol. The number of hydrogen-bond donors (Lipinski definition) is 1. The van der Waals surface area contributed by atoms with Gasteiger partial charge in [0.1, 0.15) is 5.82 Å². The Hall–Kier alpha value is -2.31. The van der Waals surface area contributed by atoms with Gasteiger partial charge in [0.15, 0.2) is 0 Å². The summed E-state index contributed by atoms with van der Waals surface area (Å²) in [5.74, 6) is -0.531. The summed E-state index contributed by atoms with van der Waals surface area (Å²) in [5, 5.41) is 3.37. The molecule has 124 valence electrons. The van der Waals surface area contributed by atoms with Crippen LogP contribution < -0.4 is 5.32 Å². The van der Waals surface area contributed by atoms with Crippen molar-refractivity contribution in [2.45, 2.75) is 13.0 Å². The standard InChI is InChI=1S/C18H17FN2O2S/c1-23-11-13-16-14(19)5-2-6-15(16)24-17(13)18(22)21-9-7-12-4-3-8-20-10-12/h2-6,8,10H,7,9,11H2,1H3,(H,21,22). The highest BCUT2D eigenvalue weighted by Crippen LogP contribution is 2.33. The largest absolute Gasteiger partial charge is 0.380 e. The summed E-state index contributed by atoms with van der Waals surface area (Å²) < 4.78 is 20.0. The Morgan fingerprint density at radius 1 is 1.33 bits per heavy atom. The van der Waals surface area contributed by atoms with Gasteiger partial charge >= 0.3 is 0 Å². The van der Waals surface area contributed by atoms with Crippen molar-refractivity contribution in [2.75, 3.05) is 13.7 Å². The Balaban J connectivity index is 1.79. The van der Waals surface area contributed by atoms with Crippen molar-refractivity contribution < 1.29 is 13.9 Å². The summed E-state index contributed by atoms with van der Waals surface area (Å²) in [6.45, 7) is 0.694. The first-order valence-corrected chi connectivity index (χ1v) is 8.38. The van der Waals surface area contributed by atoms with Gasteiger partial charge < -0.3 is 10.1 Å². The number of thiophene rings is 1. The van der Waals surface area contributed by atoms with Crippen molar-refractivity contribution in [3.05, 3.63) is 64.5 Å². The van der Waals surface area contributed by atoms with E-state index in [1.165, 1.54) is 24.5 Å². The van der Waals surface area contributed by atoms with E-state index in [1.54, 1.807) is 18.5 Å². The summed E-state index contributed by atoms with van der Waals surface area (Å²) in [5.41, 5.74) is 1.66. The lowest BCUT2D eigenvalue weighted by atomic mass is 10.1. The molecule has 0 atom stereocenters. The normalized spacial score (nSPS) is 10.9. The van der Waals surface area contributed by atoms with E-state index in [9.17, 15) is 9.18 Å². The fraction of sp³-hybridized carbons (Fsp3) is 0.222. The second kappa shape index (κ2) is 7.51. The molecule has 0 aliphatic rings. The van der Waals surface area contributed by atoms with Crippen LogP contribution in [-0.2, 0) is 17.8 Å². The average molecular weight is 344 g/mol. The lowest BCUT2D eigenvalue weighted by Crippen LogP contribution is -2.25. The number of carbonyl (C=O) groups excluding carboxylic acids is 1. The van der Waals surface area contributed by atoms with Crippen molar-refractivity contribution in [3.63, 3.8) is 0 Å². The van der Waals surface area contributed by atoms with Crippen LogP contribution in [0.5, 0.6) is 0 Å². The molecular formula is C18H17FN2O2S. The van der Waals surface area contributed by atoms with Gasteiger partial charge in [0.05, 0.1) is 11.5 Å². The van der Waals surface area contributed by atoms with Gasteiger partial charge in [-0.1, -0.05) is 12.1 Å². The van der Waals surface area contributed by atoms with Gasteiger partial charge in [-0.15, -0.1) is 11.3 Å². The molecule has 1 N–H and O–H groups in total. The molecule has 2 aromatic heterocycles. The first kappa shape index (κ1) is 16.5. The minimum absolute atomic E-state index is 0.201. The number of halogens is 1. The zero-order valence-corrected chi connectivity index (χ0v) is 14.0. The maximum atomic E-state index is 14.1. The van der Waals surface area contributed by atoms with Crippen LogP contribution in [0, 0.1) is 5.82 Å². The smallest absolute Gasteiger partial charge is 0.261 e. The third-order valence-corrected chi connectivity index (χ3v) is 4.88. The van der Waals surface area contributed by atoms with E-state index < -0.39 is 0 Å². The molecule has 2 heterocycles. The molecule has 0 bridgehead atoms. The molecule has 0 spiro atoms. The second-order valence-corrected chi connectivity index (χ2v) is 6.38. The van der Waals surface area contributed by atoms with Crippen molar-refractivity contribution in [3.8, 4) is 0 Å². The summed E-state index contributed by atoms with van der Waals surface area (Å²) in [6.07, 6.45) is 4.18. The van der Waals surface area contributed by atoms with Crippen LogP contribution in [0.4, 0.5) is 4.39 Å².